The zero-order valence-electron chi connectivity index (χ0n) is 14.4. The van der Waals surface area contributed by atoms with Crippen molar-refractivity contribution in [2.75, 3.05) is 24.2 Å². The van der Waals surface area contributed by atoms with Crippen molar-refractivity contribution in [3.05, 3.63) is 54.4 Å². The minimum absolute atomic E-state index is 0.0753. The van der Waals surface area contributed by atoms with Crippen LogP contribution in [0.5, 0.6) is 0 Å². The molecule has 0 radical (unpaired) electrons. The molecule has 0 aliphatic heterocycles. The molecule has 0 fully saturated rings. The lowest BCUT2D eigenvalue weighted by molar-refractivity contribution is -0.119. The molecule has 132 valence electrons. The minimum atomic E-state index is -0.316. The van der Waals surface area contributed by atoms with Crippen molar-refractivity contribution in [1.29, 1.82) is 0 Å². The van der Waals surface area contributed by atoms with Crippen molar-refractivity contribution in [2.24, 2.45) is 5.92 Å². The molecular formula is C18H23N5O2. The van der Waals surface area contributed by atoms with Crippen molar-refractivity contribution >= 4 is 23.3 Å². The second kappa shape index (κ2) is 9.39. The van der Waals surface area contributed by atoms with Gasteiger partial charge in [-0.25, -0.2) is 4.79 Å². The monoisotopic (exact) mass is 341 g/mol. The minimum Gasteiger partial charge on any atom is -0.334 e. The van der Waals surface area contributed by atoms with E-state index >= 15 is 0 Å². The third-order valence-electron chi connectivity index (χ3n) is 3.55. The van der Waals surface area contributed by atoms with Crippen LogP contribution >= 0.6 is 0 Å². The van der Waals surface area contributed by atoms with Gasteiger partial charge < -0.3 is 21.3 Å². The number of hydrogen-bond donors (Lipinski definition) is 4. The van der Waals surface area contributed by atoms with Crippen LogP contribution in [0, 0.1) is 5.92 Å². The summed E-state index contributed by atoms with van der Waals surface area (Å²) in [7, 11) is 1.80. The van der Waals surface area contributed by atoms with Crippen LogP contribution in [0.15, 0.2) is 48.8 Å². The Balaban J connectivity index is 1.88. The summed E-state index contributed by atoms with van der Waals surface area (Å²) in [5.41, 5.74) is 2.20. The van der Waals surface area contributed by atoms with Crippen molar-refractivity contribution in [3.63, 3.8) is 0 Å². The van der Waals surface area contributed by atoms with Crippen molar-refractivity contribution in [1.82, 2.24) is 15.6 Å². The number of carbonyl (C=O) groups is 2. The molecule has 7 heteroatoms. The topological polar surface area (TPSA) is 95.2 Å². The maximum atomic E-state index is 12.0. The summed E-state index contributed by atoms with van der Waals surface area (Å²) >= 11 is 0. The molecule has 3 amide bonds. The third-order valence-corrected chi connectivity index (χ3v) is 3.55. The largest absolute Gasteiger partial charge is 0.334 e. The molecule has 2 aromatic rings. The van der Waals surface area contributed by atoms with Crippen LogP contribution < -0.4 is 21.3 Å². The van der Waals surface area contributed by atoms with Gasteiger partial charge >= 0.3 is 6.03 Å². The number of amides is 3. The lowest BCUT2D eigenvalue weighted by Gasteiger charge is -2.13. The van der Waals surface area contributed by atoms with E-state index < -0.39 is 0 Å². The predicted molar refractivity (Wildman–Crippen MR) is 98.3 cm³/mol. The van der Waals surface area contributed by atoms with E-state index in [1.807, 2.05) is 19.1 Å². The summed E-state index contributed by atoms with van der Waals surface area (Å²) in [4.78, 5) is 27.9. The van der Waals surface area contributed by atoms with Crippen LogP contribution in [0.4, 0.5) is 16.2 Å². The number of nitrogens with one attached hydrogen (secondary N) is 4. The van der Waals surface area contributed by atoms with E-state index in [1.165, 1.54) is 0 Å². The lowest BCUT2D eigenvalue weighted by Crippen LogP contribution is -2.29. The van der Waals surface area contributed by atoms with E-state index in [4.69, 9.17) is 0 Å². The van der Waals surface area contributed by atoms with Gasteiger partial charge in [0, 0.05) is 42.8 Å². The van der Waals surface area contributed by atoms with Gasteiger partial charge in [0.05, 0.1) is 0 Å². The molecule has 25 heavy (non-hydrogen) atoms. The van der Waals surface area contributed by atoms with Gasteiger partial charge in [0.1, 0.15) is 0 Å². The van der Waals surface area contributed by atoms with Gasteiger partial charge in [0.25, 0.3) is 0 Å². The van der Waals surface area contributed by atoms with Gasteiger partial charge in [0.15, 0.2) is 0 Å². The Morgan fingerprint density at radius 3 is 2.44 bits per heavy atom. The van der Waals surface area contributed by atoms with E-state index in [9.17, 15) is 9.59 Å². The fourth-order valence-electron chi connectivity index (χ4n) is 2.20. The molecule has 4 N–H and O–H groups in total. The molecule has 0 aliphatic rings. The number of anilines is 2. The number of carbonyl (C=O) groups excluding carboxylic acids is 2. The SMILES string of the molecule is CNCC(C)C(=O)Nc1cccc(NC(=O)NCc2ccncc2)c1. The van der Waals surface area contributed by atoms with Gasteiger partial charge in [-0.3, -0.25) is 9.78 Å². The molecule has 2 rings (SSSR count). The Hall–Kier alpha value is -2.93. The molecule has 1 aromatic carbocycles. The van der Waals surface area contributed by atoms with Gasteiger partial charge in [-0.2, -0.15) is 0 Å². The normalized spacial score (nSPS) is 11.4. The predicted octanol–water partition coefficient (Wildman–Crippen LogP) is 2.20. The highest BCUT2D eigenvalue weighted by Gasteiger charge is 2.12. The molecule has 0 saturated carbocycles. The first-order chi connectivity index (χ1) is 12.1. The molecule has 1 unspecified atom stereocenters. The highest BCUT2D eigenvalue weighted by molar-refractivity contribution is 5.94. The Kier molecular flexibility index (Phi) is 6.91. The van der Waals surface area contributed by atoms with Crippen LogP contribution in [-0.4, -0.2) is 30.5 Å². The molecule has 0 bridgehead atoms. The van der Waals surface area contributed by atoms with Gasteiger partial charge in [-0.1, -0.05) is 13.0 Å². The van der Waals surface area contributed by atoms with Crippen LogP contribution in [0.25, 0.3) is 0 Å². The molecule has 1 atom stereocenters. The first-order valence-corrected chi connectivity index (χ1v) is 8.07. The van der Waals surface area contributed by atoms with Crippen LogP contribution in [0.2, 0.25) is 0 Å². The summed E-state index contributed by atoms with van der Waals surface area (Å²) in [5.74, 6) is -0.223. The molecule has 1 heterocycles. The Bertz CT molecular complexity index is 706. The number of hydrogen-bond acceptors (Lipinski definition) is 4. The van der Waals surface area contributed by atoms with Gasteiger partial charge in [-0.15, -0.1) is 0 Å². The Labute approximate surface area is 147 Å². The summed E-state index contributed by atoms with van der Waals surface area (Å²) in [6, 6.07) is 10.4. The zero-order chi connectivity index (χ0) is 18.1. The molecular weight excluding hydrogens is 318 g/mol. The average molecular weight is 341 g/mol. The first kappa shape index (κ1) is 18.4. The summed E-state index contributed by atoms with van der Waals surface area (Å²) in [6.07, 6.45) is 3.35. The van der Waals surface area contributed by atoms with E-state index in [0.29, 0.717) is 24.5 Å². The number of benzene rings is 1. The number of pyridine rings is 1. The molecule has 1 aromatic heterocycles. The molecule has 0 spiro atoms. The maximum Gasteiger partial charge on any atom is 0.319 e. The van der Waals surface area contributed by atoms with Gasteiger partial charge in [-0.05, 0) is 42.9 Å². The molecule has 7 nitrogen and oxygen atoms in total. The molecule has 0 saturated heterocycles. The smallest absolute Gasteiger partial charge is 0.319 e. The second-order valence-corrected chi connectivity index (χ2v) is 5.69. The average Bonchev–Trinajstić information content (AvgIpc) is 2.61. The standard InChI is InChI=1S/C18H23N5O2/c1-13(11-19-2)17(24)22-15-4-3-5-16(10-15)23-18(25)21-12-14-6-8-20-9-7-14/h3-10,13,19H,11-12H2,1-2H3,(H,22,24)(H2,21,23,25). The van der Waals surface area contributed by atoms with Crippen molar-refractivity contribution in [2.45, 2.75) is 13.5 Å². The number of urea groups is 1. The highest BCUT2D eigenvalue weighted by Crippen LogP contribution is 2.16. The van der Waals surface area contributed by atoms with Crippen molar-refractivity contribution in [3.8, 4) is 0 Å². The van der Waals surface area contributed by atoms with Crippen LogP contribution in [0.1, 0.15) is 12.5 Å². The van der Waals surface area contributed by atoms with Crippen molar-refractivity contribution < 1.29 is 9.59 Å². The second-order valence-electron chi connectivity index (χ2n) is 5.69. The van der Waals surface area contributed by atoms with E-state index in [-0.39, 0.29) is 17.9 Å². The van der Waals surface area contributed by atoms with E-state index in [0.717, 1.165) is 5.56 Å². The molecule has 0 aliphatic carbocycles. The fourth-order valence-corrected chi connectivity index (χ4v) is 2.20. The maximum absolute atomic E-state index is 12.0. The summed E-state index contributed by atoms with van der Waals surface area (Å²) in [5, 5.41) is 11.3. The number of nitrogens with zero attached hydrogens (tertiary/aromatic N) is 1. The summed E-state index contributed by atoms with van der Waals surface area (Å²) < 4.78 is 0. The van der Waals surface area contributed by atoms with Gasteiger partial charge in [0.2, 0.25) is 5.91 Å². The summed E-state index contributed by atoms with van der Waals surface area (Å²) in [6.45, 7) is 2.86. The zero-order valence-corrected chi connectivity index (χ0v) is 14.4. The van der Waals surface area contributed by atoms with E-state index in [2.05, 4.69) is 26.3 Å². The van der Waals surface area contributed by atoms with E-state index in [1.54, 1.807) is 43.7 Å². The lowest BCUT2D eigenvalue weighted by atomic mass is 10.1. The van der Waals surface area contributed by atoms with Crippen LogP contribution in [0.3, 0.4) is 0 Å². The van der Waals surface area contributed by atoms with Crippen LogP contribution in [-0.2, 0) is 11.3 Å². The highest BCUT2D eigenvalue weighted by atomic mass is 16.2. The third kappa shape index (κ3) is 6.23. The number of rotatable bonds is 7. The quantitative estimate of drug-likeness (QED) is 0.621. The fraction of sp³-hybridized carbons (Fsp3) is 0.278. The number of aromatic nitrogens is 1. The first-order valence-electron chi connectivity index (χ1n) is 8.07. The Morgan fingerprint density at radius 1 is 1.08 bits per heavy atom. The Morgan fingerprint density at radius 2 is 1.76 bits per heavy atom.